The summed E-state index contributed by atoms with van der Waals surface area (Å²) in [4.78, 5) is 38.5. The Labute approximate surface area is 159 Å². The fourth-order valence-corrected chi connectivity index (χ4v) is 4.39. The Hall–Kier alpha value is -2.75. The van der Waals surface area contributed by atoms with Gasteiger partial charge in [-0.05, 0) is 25.3 Å². The number of esters is 1. The number of urea groups is 1. The zero-order valence-electron chi connectivity index (χ0n) is 14.8. The lowest BCUT2D eigenvalue weighted by Crippen LogP contribution is -2.50. The first kappa shape index (κ1) is 17.7. The maximum Gasteiger partial charge on any atom is 0.362 e. The molecule has 1 saturated heterocycles. The second-order valence-corrected chi connectivity index (χ2v) is 7.46. The zero-order chi connectivity index (χ0) is 19.0. The smallest absolute Gasteiger partial charge is 0.362 e. The molecule has 0 saturated carbocycles. The van der Waals surface area contributed by atoms with Gasteiger partial charge in [0.25, 0.3) is 5.56 Å². The topological polar surface area (TPSA) is 106 Å². The van der Waals surface area contributed by atoms with Crippen molar-refractivity contribution < 1.29 is 14.3 Å². The Morgan fingerprint density at radius 1 is 1.33 bits per heavy atom. The number of hydrogen-bond donors (Lipinski definition) is 1. The molecule has 2 bridgehead atoms. The minimum Gasteiger partial charge on any atom is -0.461 e. The molecule has 27 heavy (non-hydrogen) atoms. The van der Waals surface area contributed by atoms with Crippen LogP contribution in [0.15, 0.2) is 23.0 Å². The molecule has 4 rings (SSSR count). The molecular formula is C17H19N5O4S. The predicted molar refractivity (Wildman–Crippen MR) is 98.0 cm³/mol. The van der Waals surface area contributed by atoms with Gasteiger partial charge >= 0.3 is 12.0 Å². The van der Waals surface area contributed by atoms with E-state index >= 15 is 0 Å². The largest absolute Gasteiger partial charge is 0.461 e. The molecule has 4 heterocycles. The summed E-state index contributed by atoms with van der Waals surface area (Å²) in [6.07, 6.45) is 0.962. The van der Waals surface area contributed by atoms with E-state index in [1.165, 1.54) is 0 Å². The fourth-order valence-electron chi connectivity index (χ4n) is 3.84. The normalized spacial score (nSPS) is 20.7. The Bertz CT molecular complexity index is 939. The van der Waals surface area contributed by atoms with Crippen LogP contribution in [-0.2, 0) is 11.3 Å². The molecule has 0 unspecified atom stereocenters. The van der Waals surface area contributed by atoms with Crippen LogP contribution in [0.2, 0.25) is 0 Å². The monoisotopic (exact) mass is 389 g/mol. The summed E-state index contributed by atoms with van der Waals surface area (Å²) in [5.74, 6) is -0.252. The maximum atomic E-state index is 12.8. The summed E-state index contributed by atoms with van der Waals surface area (Å²) in [6.45, 7) is 3.62. The van der Waals surface area contributed by atoms with Crippen molar-refractivity contribution in [1.82, 2.24) is 19.1 Å². The summed E-state index contributed by atoms with van der Waals surface area (Å²) >= 11 is 0.942. The number of likely N-dealkylation sites (tertiary alicyclic amines) is 1. The number of nitrogens with zero attached hydrogens (tertiary/aromatic N) is 4. The molecule has 2 aliphatic heterocycles. The number of pyridine rings is 1. The Morgan fingerprint density at radius 3 is 3.00 bits per heavy atom. The highest BCUT2D eigenvalue weighted by Gasteiger charge is 2.36. The zero-order valence-corrected chi connectivity index (χ0v) is 15.6. The third-order valence-corrected chi connectivity index (χ3v) is 5.59. The summed E-state index contributed by atoms with van der Waals surface area (Å²) < 4.78 is 10.5. The minimum atomic E-state index is -0.606. The SMILES string of the molecule is CCOC(=O)c1nnsc1NC(=O)N1C[C@@H]2C[C@@H](C1)c1cccc(=O)n1C2. The van der Waals surface area contributed by atoms with E-state index in [1.807, 2.05) is 10.6 Å². The number of rotatable bonds is 3. The highest BCUT2D eigenvalue weighted by molar-refractivity contribution is 7.10. The van der Waals surface area contributed by atoms with Gasteiger partial charge in [-0.1, -0.05) is 10.6 Å². The van der Waals surface area contributed by atoms with E-state index in [2.05, 4.69) is 14.9 Å². The van der Waals surface area contributed by atoms with Crippen LogP contribution in [0.4, 0.5) is 9.80 Å². The quantitative estimate of drug-likeness (QED) is 0.798. The molecular weight excluding hydrogens is 370 g/mol. The number of piperidine rings is 1. The van der Waals surface area contributed by atoms with Crippen molar-refractivity contribution in [2.45, 2.75) is 25.8 Å². The average Bonchev–Trinajstić information content (AvgIpc) is 3.11. The van der Waals surface area contributed by atoms with E-state index in [-0.39, 0.29) is 40.7 Å². The number of amides is 2. The standard InChI is InChI=1S/C17H19N5O4S/c1-2-26-16(24)14-15(27-20-19-14)18-17(25)21-7-10-6-11(9-21)12-4-3-5-13(23)22(12)8-10/h3-5,10-11H,2,6-9H2,1H3,(H,18,25)/t10-,11-/m0/s1. The van der Waals surface area contributed by atoms with E-state index in [0.29, 0.717) is 19.6 Å². The number of carbonyl (C=O) groups is 2. The molecule has 10 heteroatoms. The molecule has 2 atom stereocenters. The van der Waals surface area contributed by atoms with E-state index in [1.54, 1.807) is 24.0 Å². The van der Waals surface area contributed by atoms with Crippen LogP contribution in [-0.4, -0.2) is 50.8 Å². The fraction of sp³-hybridized carbons (Fsp3) is 0.471. The van der Waals surface area contributed by atoms with Crippen LogP contribution >= 0.6 is 11.5 Å². The molecule has 0 spiro atoms. The molecule has 2 aromatic rings. The number of aromatic nitrogens is 3. The number of fused-ring (bicyclic) bond motifs is 4. The lowest BCUT2D eigenvalue weighted by molar-refractivity contribution is 0.0520. The number of nitrogens with one attached hydrogen (secondary N) is 1. The summed E-state index contributed by atoms with van der Waals surface area (Å²) in [6, 6.07) is 4.99. The van der Waals surface area contributed by atoms with Crippen molar-refractivity contribution in [3.05, 3.63) is 39.9 Å². The van der Waals surface area contributed by atoms with Crippen LogP contribution in [0.25, 0.3) is 0 Å². The molecule has 0 aromatic carbocycles. The molecule has 142 valence electrons. The van der Waals surface area contributed by atoms with Crippen LogP contribution in [0.1, 0.15) is 35.4 Å². The summed E-state index contributed by atoms with van der Waals surface area (Å²) in [5, 5.41) is 6.77. The first-order valence-electron chi connectivity index (χ1n) is 8.82. The van der Waals surface area contributed by atoms with Crippen LogP contribution in [0, 0.1) is 5.92 Å². The van der Waals surface area contributed by atoms with E-state index < -0.39 is 5.97 Å². The highest BCUT2D eigenvalue weighted by Crippen LogP contribution is 2.35. The molecule has 1 fully saturated rings. The number of ether oxygens (including phenoxy) is 1. The van der Waals surface area contributed by atoms with Crippen molar-refractivity contribution in [3.63, 3.8) is 0 Å². The van der Waals surface area contributed by atoms with Crippen LogP contribution in [0.3, 0.4) is 0 Å². The van der Waals surface area contributed by atoms with Crippen LogP contribution in [0.5, 0.6) is 0 Å². The molecule has 2 amide bonds. The van der Waals surface area contributed by atoms with Gasteiger partial charge in [-0.15, -0.1) is 5.10 Å². The van der Waals surface area contributed by atoms with Gasteiger partial charge in [0.1, 0.15) is 0 Å². The summed E-state index contributed by atoms with van der Waals surface area (Å²) in [7, 11) is 0. The first-order chi connectivity index (χ1) is 13.1. The van der Waals surface area contributed by atoms with E-state index in [9.17, 15) is 14.4 Å². The Balaban J connectivity index is 1.50. The van der Waals surface area contributed by atoms with E-state index in [0.717, 1.165) is 23.6 Å². The first-order valence-corrected chi connectivity index (χ1v) is 9.59. The van der Waals surface area contributed by atoms with Crippen molar-refractivity contribution in [1.29, 1.82) is 0 Å². The lowest BCUT2D eigenvalue weighted by atomic mass is 9.83. The Kier molecular flexibility index (Phi) is 4.65. The van der Waals surface area contributed by atoms with Crippen LogP contribution < -0.4 is 10.9 Å². The number of anilines is 1. The van der Waals surface area contributed by atoms with Gasteiger partial charge in [-0.25, -0.2) is 9.59 Å². The van der Waals surface area contributed by atoms with Gasteiger partial charge in [0.2, 0.25) is 5.69 Å². The van der Waals surface area contributed by atoms with E-state index in [4.69, 9.17) is 4.74 Å². The van der Waals surface area contributed by atoms with Gasteiger partial charge in [-0.3, -0.25) is 10.1 Å². The number of hydrogen-bond acceptors (Lipinski definition) is 7. The molecule has 0 radical (unpaired) electrons. The van der Waals surface area contributed by atoms with Crippen molar-refractivity contribution >= 4 is 28.5 Å². The highest BCUT2D eigenvalue weighted by atomic mass is 32.1. The second kappa shape index (κ2) is 7.10. The third kappa shape index (κ3) is 3.32. The van der Waals surface area contributed by atoms with Gasteiger partial charge in [0.05, 0.1) is 6.61 Å². The average molecular weight is 389 g/mol. The van der Waals surface area contributed by atoms with Crippen molar-refractivity contribution in [2.75, 3.05) is 25.0 Å². The predicted octanol–water partition coefficient (Wildman–Crippen LogP) is 1.53. The molecule has 2 aliphatic rings. The van der Waals surface area contributed by atoms with Gasteiger partial charge < -0.3 is 14.2 Å². The minimum absolute atomic E-state index is 0.00918. The van der Waals surface area contributed by atoms with Gasteiger partial charge in [-0.2, -0.15) is 0 Å². The molecule has 9 nitrogen and oxygen atoms in total. The molecule has 1 N–H and O–H groups in total. The van der Waals surface area contributed by atoms with Crippen molar-refractivity contribution in [2.24, 2.45) is 5.92 Å². The van der Waals surface area contributed by atoms with Gasteiger partial charge in [0.15, 0.2) is 5.00 Å². The molecule has 0 aliphatic carbocycles. The van der Waals surface area contributed by atoms with Gasteiger partial charge in [0, 0.05) is 48.8 Å². The summed E-state index contributed by atoms with van der Waals surface area (Å²) in [5.41, 5.74) is 1.00. The number of carbonyl (C=O) groups excluding carboxylic acids is 2. The Morgan fingerprint density at radius 2 is 2.19 bits per heavy atom. The molecule has 2 aromatic heterocycles. The second-order valence-electron chi connectivity index (χ2n) is 6.70. The lowest BCUT2D eigenvalue weighted by Gasteiger charge is -2.42. The maximum absolute atomic E-state index is 12.8. The van der Waals surface area contributed by atoms with Crippen molar-refractivity contribution in [3.8, 4) is 0 Å². The third-order valence-electron chi connectivity index (χ3n) is 4.94.